The summed E-state index contributed by atoms with van der Waals surface area (Å²) in [4.78, 5) is 21.7. The van der Waals surface area contributed by atoms with E-state index >= 15 is 0 Å². The van der Waals surface area contributed by atoms with E-state index in [0.29, 0.717) is 60.9 Å². The van der Waals surface area contributed by atoms with Crippen molar-refractivity contribution in [3.8, 4) is 6.07 Å². The fourth-order valence-corrected chi connectivity index (χ4v) is 4.34. The first-order valence-electron chi connectivity index (χ1n) is 10.8. The Morgan fingerprint density at radius 3 is 2.76 bits per heavy atom. The van der Waals surface area contributed by atoms with E-state index in [-0.39, 0.29) is 5.91 Å². The van der Waals surface area contributed by atoms with Crippen LogP contribution in [-0.2, 0) is 29.5 Å². The van der Waals surface area contributed by atoms with Crippen LogP contribution in [0.25, 0.3) is 6.08 Å². The lowest BCUT2D eigenvalue weighted by Crippen LogP contribution is -2.43. The summed E-state index contributed by atoms with van der Waals surface area (Å²) in [6.07, 6.45) is 3.34. The van der Waals surface area contributed by atoms with E-state index in [2.05, 4.69) is 21.4 Å². The smallest absolute Gasteiger partial charge is 0.264 e. The number of nitrogens with zero attached hydrogens (tertiary/aromatic N) is 3. The summed E-state index contributed by atoms with van der Waals surface area (Å²) in [5, 5.41) is 13.0. The molecule has 1 atom stereocenters. The van der Waals surface area contributed by atoms with Gasteiger partial charge in [0, 0.05) is 32.1 Å². The van der Waals surface area contributed by atoms with Gasteiger partial charge in [-0.05, 0) is 49.4 Å². The lowest BCUT2D eigenvalue weighted by molar-refractivity contribution is -0.252. The van der Waals surface area contributed by atoms with Gasteiger partial charge < -0.3 is 24.3 Å². The Labute approximate surface area is 197 Å². The molecule has 1 N–H and O–H groups in total. The maximum atomic E-state index is 12.4. The maximum Gasteiger partial charge on any atom is 0.264 e. The molecule has 0 spiro atoms. The van der Waals surface area contributed by atoms with Crippen molar-refractivity contribution in [2.45, 2.75) is 19.6 Å². The largest absolute Gasteiger partial charge is 0.382 e. The quantitative estimate of drug-likeness (QED) is 0.299. The van der Waals surface area contributed by atoms with Gasteiger partial charge in [0.25, 0.3) is 5.91 Å². The highest BCUT2D eigenvalue weighted by molar-refractivity contribution is 8.18. The van der Waals surface area contributed by atoms with Crippen molar-refractivity contribution in [1.29, 1.82) is 5.26 Å². The number of amidine groups is 1. The van der Waals surface area contributed by atoms with Crippen LogP contribution in [0.3, 0.4) is 0 Å². The third-order valence-electron chi connectivity index (χ3n) is 4.90. The molecular formula is C23H28N4O5S. The average molecular weight is 473 g/mol. The Hall–Kier alpha value is -2.55. The lowest BCUT2D eigenvalue weighted by atomic mass is 9.88. The molecular weight excluding hydrogens is 444 g/mol. The molecule has 10 heteroatoms. The Morgan fingerprint density at radius 1 is 1.27 bits per heavy atom. The van der Waals surface area contributed by atoms with Gasteiger partial charge in [0.15, 0.2) is 5.17 Å². The van der Waals surface area contributed by atoms with Gasteiger partial charge in [-0.1, -0.05) is 6.07 Å². The number of amides is 1. The SMILES string of the molecule is CCOC1(OCC)c2cc(/C=C3\SC(=NCCOCCOC)NC3=O)ccc2N=CC1C#N. The van der Waals surface area contributed by atoms with Gasteiger partial charge in [0.1, 0.15) is 5.92 Å². The topological polar surface area (TPSA) is 115 Å². The van der Waals surface area contributed by atoms with Gasteiger partial charge in [-0.3, -0.25) is 14.8 Å². The first-order valence-corrected chi connectivity index (χ1v) is 11.6. The number of hydrogen-bond acceptors (Lipinski definition) is 9. The zero-order chi connectivity index (χ0) is 23.7. The van der Waals surface area contributed by atoms with Gasteiger partial charge >= 0.3 is 0 Å². The summed E-state index contributed by atoms with van der Waals surface area (Å²) >= 11 is 1.27. The predicted molar refractivity (Wildman–Crippen MR) is 127 cm³/mol. The number of carbonyl (C=O) groups is 1. The molecule has 1 fully saturated rings. The number of carbonyl (C=O) groups excluding carboxylic acids is 1. The number of hydrogen-bond donors (Lipinski definition) is 1. The monoisotopic (exact) mass is 472 g/mol. The minimum absolute atomic E-state index is 0.217. The van der Waals surface area contributed by atoms with Gasteiger partial charge in [0.05, 0.1) is 43.0 Å². The zero-order valence-corrected chi connectivity index (χ0v) is 19.8. The predicted octanol–water partition coefficient (Wildman–Crippen LogP) is 2.99. The standard InChI is InChI=1S/C23H28N4O5S/c1-4-31-23(32-5-2)17(14-24)15-26-19-7-6-16(12-18(19)23)13-20-21(28)27-22(33-20)25-8-9-30-11-10-29-3/h6-7,12-13,15,17H,4-5,8-11H2,1-3H3,(H,25,27,28)/b20-13-. The Bertz CT molecular complexity index is 980. The first-order chi connectivity index (χ1) is 16.1. The molecule has 1 aromatic carbocycles. The van der Waals surface area contributed by atoms with Crippen molar-refractivity contribution in [2.75, 3.05) is 46.7 Å². The zero-order valence-electron chi connectivity index (χ0n) is 19.0. The van der Waals surface area contributed by atoms with Gasteiger partial charge in [0.2, 0.25) is 5.79 Å². The number of benzene rings is 1. The van der Waals surface area contributed by atoms with E-state index in [1.807, 2.05) is 32.0 Å². The highest BCUT2D eigenvalue weighted by Gasteiger charge is 2.46. The minimum Gasteiger partial charge on any atom is -0.382 e. The van der Waals surface area contributed by atoms with Crippen molar-refractivity contribution in [3.05, 3.63) is 34.2 Å². The number of rotatable bonds is 11. The van der Waals surface area contributed by atoms with Gasteiger partial charge in [-0.15, -0.1) is 0 Å². The Kier molecular flexibility index (Phi) is 9.17. The first kappa shape index (κ1) is 25.1. The summed E-state index contributed by atoms with van der Waals surface area (Å²) in [7, 11) is 1.62. The van der Waals surface area contributed by atoms with Crippen molar-refractivity contribution in [3.63, 3.8) is 0 Å². The van der Waals surface area contributed by atoms with Crippen molar-refractivity contribution < 1.29 is 23.7 Å². The second kappa shape index (κ2) is 12.1. The molecule has 1 aromatic rings. The van der Waals surface area contributed by atoms with Crippen molar-refractivity contribution in [1.82, 2.24) is 5.32 Å². The Morgan fingerprint density at radius 2 is 2.06 bits per heavy atom. The van der Waals surface area contributed by atoms with Crippen LogP contribution in [0.15, 0.2) is 33.1 Å². The van der Waals surface area contributed by atoms with Crippen LogP contribution in [0.5, 0.6) is 0 Å². The summed E-state index contributed by atoms with van der Waals surface area (Å²) < 4.78 is 22.3. The van der Waals surface area contributed by atoms with Crippen LogP contribution in [0.2, 0.25) is 0 Å². The average Bonchev–Trinajstić information content (AvgIpc) is 3.16. The van der Waals surface area contributed by atoms with Gasteiger partial charge in [-0.25, -0.2) is 0 Å². The number of ether oxygens (including phenoxy) is 4. The Balaban J connectivity index is 1.81. The number of nitriles is 1. The van der Waals surface area contributed by atoms with Crippen LogP contribution in [0.1, 0.15) is 25.0 Å². The van der Waals surface area contributed by atoms with Crippen LogP contribution >= 0.6 is 11.8 Å². The summed E-state index contributed by atoms with van der Waals surface area (Å²) in [5.41, 5.74) is 2.11. The molecule has 2 aliphatic rings. The number of aliphatic imine (C=N–C) groups is 2. The number of thioether (sulfide) groups is 1. The fourth-order valence-electron chi connectivity index (χ4n) is 3.49. The normalized spacial score (nSPS) is 21.3. The molecule has 9 nitrogen and oxygen atoms in total. The van der Waals surface area contributed by atoms with Crippen LogP contribution in [0, 0.1) is 17.2 Å². The van der Waals surface area contributed by atoms with Crippen molar-refractivity contribution in [2.24, 2.45) is 15.9 Å². The van der Waals surface area contributed by atoms with E-state index in [9.17, 15) is 10.1 Å². The summed E-state index contributed by atoms with van der Waals surface area (Å²) in [5.74, 6) is -2.16. The summed E-state index contributed by atoms with van der Waals surface area (Å²) in [6, 6.07) is 7.79. The molecule has 176 valence electrons. The molecule has 0 aromatic heterocycles. The molecule has 0 aliphatic carbocycles. The number of fused-ring (bicyclic) bond motifs is 1. The number of methoxy groups -OCH3 is 1. The molecule has 3 rings (SSSR count). The molecule has 0 radical (unpaired) electrons. The number of nitrogens with one attached hydrogen (secondary N) is 1. The minimum atomic E-state index is -1.25. The second-order valence-electron chi connectivity index (χ2n) is 7.05. The molecule has 1 unspecified atom stereocenters. The third kappa shape index (κ3) is 5.88. The van der Waals surface area contributed by atoms with Crippen molar-refractivity contribution >= 4 is 40.8 Å². The fraction of sp³-hybridized carbons (Fsp3) is 0.478. The van der Waals surface area contributed by atoms with E-state index in [4.69, 9.17) is 18.9 Å². The van der Waals surface area contributed by atoms with E-state index < -0.39 is 11.7 Å². The van der Waals surface area contributed by atoms with Crippen LogP contribution in [-0.4, -0.2) is 64.0 Å². The molecule has 0 saturated carbocycles. The van der Waals surface area contributed by atoms with E-state index in [1.165, 1.54) is 11.8 Å². The molecule has 33 heavy (non-hydrogen) atoms. The summed E-state index contributed by atoms with van der Waals surface area (Å²) in [6.45, 7) is 6.37. The van der Waals surface area contributed by atoms with Crippen LogP contribution < -0.4 is 5.32 Å². The lowest BCUT2D eigenvalue weighted by Gasteiger charge is -2.38. The molecule has 2 aliphatic heterocycles. The van der Waals surface area contributed by atoms with Gasteiger partial charge in [-0.2, -0.15) is 5.26 Å². The second-order valence-corrected chi connectivity index (χ2v) is 8.08. The molecule has 2 heterocycles. The maximum absolute atomic E-state index is 12.4. The molecule has 0 bridgehead atoms. The van der Waals surface area contributed by atoms with E-state index in [1.54, 1.807) is 19.4 Å². The van der Waals surface area contributed by atoms with Crippen LogP contribution in [0.4, 0.5) is 5.69 Å². The third-order valence-corrected chi connectivity index (χ3v) is 5.84. The molecule has 1 amide bonds. The van der Waals surface area contributed by atoms with E-state index in [0.717, 1.165) is 5.56 Å². The molecule has 1 saturated heterocycles. The highest BCUT2D eigenvalue weighted by atomic mass is 32.2. The highest BCUT2D eigenvalue weighted by Crippen LogP contribution is 2.44.